The van der Waals surface area contributed by atoms with E-state index in [-0.39, 0.29) is 34.9 Å². The van der Waals surface area contributed by atoms with E-state index in [9.17, 15) is 13.2 Å². The third-order valence-electron chi connectivity index (χ3n) is 3.72. The molecule has 1 heterocycles. The number of hydrogen-bond donors (Lipinski definition) is 1. The van der Waals surface area contributed by atoms with Gasteiger partial charge in [0.2, 0.25) is 5.91 Å². The molecule has 24 heavy (non-hydrogen) atoms. The Hall–Kier alpha value is -2.08. The van der Waals surface area contributed by atoms with Crippen molar-refractivity contribution < 1.29 is 17.6 Å². The van der Waals surface area contributed by atoms with E-state index in [2.05, 4.69) is 26.1 Å². The average molecular weight is 349 g/mol. The summed E-state index contributed by atoms with van der Waals surface area (Å²) < 4.78 is 29.8. The van der Waals surface area contributed by atoms with Crippen LogP contribution < -0.4 is 5.32 Å². The first-order valence-corrected chi connectivity index (χ1v) is 9.46. The molecule has 0 aliphatic rings. The van der Waals surface area contributed by atoms with Crippen molar-refractivity contribution in [2.24, 2.45) is 0 Å². The number of sulfone groups is 1. The van der Waals surface area contributed by atoms with E-state index in [1.54, 1.807) is 24.3 Å². The minimum absolute atomic E-state index is 0.0337. The van der Waals surface area contributed by atoms with Crippen LogP contribution in [0.2, 0.25) is 0 Å². The molecule has 0 atom stereocenters. The minimum Gasteiger partial charge on any atom is -0.467 e. The Kier molecular flexibility index (Phi) is 5.49. The largest absolute Gasteiger partial charge is 0.467 e. The zero-order chi connectivity index (χ0) is 17.8. The number of benzene rings is 1. The average Bonchev–Trinajstić information content (AvgIpc) is 3.04. The van der Waals surface area contributed by atoms with Crippen LogP contribution in [-0.4, -0.2) is 20.1 Å². The molecule has 130 valence electrons. The zero-order valence-electron chi connectivity index (χ0n) is 14.2. The van der Waals surface area contributed by atoms with Crippen LogP contribution in [0.5, 0.6) is 0 Å². The van der Waals surface area contributed by atoms with Crippen LogP contribution in [0.25, 0.3) is 0 Å². The summed E-state index contributed by atoms with van der Waals surface area (Å²) in [6.45, 7) is 6.46. The highest BCUT2D eigenvalue weighted by Gasteiger charge is 2.19. The van der Waals surface area contributed by atoms with E-state index < -0.39 is 9.84 Å². The summed E-state index contributed by atoms with van der Waals surface area (Å²) >= 11 is 0. The highest BCUT2D eigenvalue weighted by Crippen LogP contribution is 2.23. The topological polar surface area (TPSA) is 76.4 Å². The molecule has 0 saturated heterocycles. The predicted molar refractivity (Wildman–Crippen MR) is 92.4 cm³/mol. The van der Waals surface area contributed by atoms with Crippen molar-refractivity contribution >= 4 is 15.7 Å². The molecule has 0 bridgehead atoms. The predicted octanol–water partition coefficient (Wildman–Crippen LogP) is 3.06. The molecule has 0 radical (unpaired) electrons. The quantitative estimate of drug-likeness (QED) is 0.869. The third-order valence-corrected chi connectivity index (χ3v) is 5.45. The lowest BCUT2D eigenvalue weighted by Crippen LogP contribution is -2.25. The van der Waals surface area contributed by atoms with Crippen molar-refractivity contribution in [3.05, 3.63) is 54.0 Å². The summed E-state index contributed by atoms with van der Waals surface area (Å²) in [5.74, 6) is 0.0940. The molecule has 2 rings (SSSR count). The molecule has 0 spiro atoms. The molecule has 1 amide bonds. The van der Waals surface area contributed by atoms with Gasteiger partial charge in [-0.2, -0.15) is 0 Å². The Bertz CT molecular complexity index is 769. The van der Waals surface area contributed by atoms with Gasteiger partial charge >= 0.3 is 0 Å². The van der Waals surface area contributed by atoms with Crippen LogP contribution in [-0.2, 0) is 26.6 Å². The smallest absolute Gasteiger partial charge is 0.221 e. The molecule has 0 fully saturated rings. The summed E-state index contributed by atoms with van der Waals surface area (Å²) in [4.78, 5) is 12.0. The second-order valence-electron chi connectivity index (χ2n) is 6.70. The zero-order valence-corrected chi connectivity index (χ0v) is 15.0. The standard InChI is InChI=1S/C18H23NO4S/c1-18(2,3)14-6-8-16(9-7-14)24(21,22)12-10-17(20)19-13-15-5-4-11-23-15/h4-9,11H,10,12-13H2,1-3H3,(H,19,20). The molecule has 0 aliphatic carbocycles. The SMILES string of the molecule is CC(C)(C)c1ccc(S(=O)(=O)CCC(=O)NCc2ccco2)cc1. The lowest BCUT2D eigenvalue weighted by Gasteiger charge is -2.19. The van der Waals surface area contributed by atoms with Gasteiger partial charge in [0.25, 0.3) is 0 Å². The van der Waals surface area contributed by atoms with E-state index >= 15 is 0 Å². The van der Waals surface area contributed by atoms with Gasteiger partial charge in [0.1, 0.15) is 5.76 Å². The van der Waals surface area contributed by atoms with Gasteiger partial charge in [-0.3, -0.25) is 4.79 Å². The highest BCUT2D eigenvalue weighted by atomic mass is 32.2. The van der Waals surface area contributed by atoms with Gasteiger partial charge in [-0.25, -0.2) is 8.42 Å². The van der Waals surface area contributed by atoms with E-state index in [1.807, 2.05) is 12.1 Å². The van der Waals surface area contributed by atoms with Gasteiger partial charge < -0.3 is 9.73 Å². The van der Waals surface area contributed by atoms with Crippen molar-refractivity contribution in [2.45, 2.75) is 44.0 Å². The Morgan fingerprint density at radius 3 is 2.33 bits per heavy atom. The van der Waals surface area contributed by atoms with Crippen LogP contribution in [0.3, 0.4) is 0 Å². The number of hydrogen-bond acceptors (Lipinski definition) is 4. The van der Waals surface area contributed by atoms with Gasteiger partial charge in [-0.15, -0.1) is 0 Å². The molecular weight excluding hydrogens is 326 g/mol. The lowest BCUT2D eigenvalue weighted by molar-refractivity contribution is -0.120. The molecule has 0 unspecified atom stereocenters. The highest BCUT2D eigenvalue weighted by molar-refractivity contribution is 7.91. The molecule has 6 heteroatoms. The summed E-state index contributed by atoms with van der Waals surface area (Å²) in [6.07, 6.45) is 1.44. The first kappa shape index (κ1) is 18.3. The second kappa shape index (κ2) is 7.21. The lowest BCUT2D eigenvalue weighted by atomic mass is 9.87. The summed E-state index contributed by atoms with van der Waals surface area (Å²) in [7, 11) is -3.47. The van der Waals surface area contributed by atoms with Crippen LogP contribution in [0.1, 0.15) is 38.5 Å². The number of carbonyl (C=O) groups is 1. The molecule has 2 aromatic rings. The summed E-state index contributed by atoms with van der Waals surface area (Å²) in [5, 5.41) is 2.64. The first-order valence-electron chi connectivity index (χ1n) is 7.81. The fourth-order valence-electron chi connectivity index (χ4n) is 2.19. The number of carbonyl (C=O) groups excluding carboxylic acids is 1. The van der Waals surface area contributed by atoms with E-state index in [0.717, 1.165) is 5.56 Å². The monoisotopic (exact) mass is 349 g/mol. The molecule has 0 aliphatic heterocycles. The Morgan fingerprint density at radius 2 is 1.79 bits per heavy atom. The van der Waals surface area contributed by atoms with Crippen LogP contribution in [0, 0.1) is 0 Å². The van der Waals surface area contributed by atoms with Gasteiger partial charge in [-0.1, -0.05) is 32.9 Å². The van der Waals surface area contributed by atoms with Gasteiger partial charge in [0, 0.05) is 6.42 Å². The summed E-state index contributed by atoms with van der Waals surface area (Å²) in [6, 6.07) is 10.3. The normalized spacial score (nSPS) is 12.1. The Labute approximate surface area is 143 Å². The number of furan rings is 1. The first-order chi connectivity index (χ1) is 11.2. The van der Waals surface area contributed by atoms with Crippen molar-refractivity contribution in [3.63, 3.8) is 0 Å². The number of nitrogens with one attached hydrogen (secondary N) is 1. The minimum atomic E-state index is -3.47. The van der Waals surface area contributed by atoms with Gasteiger partial charge in [0.15, 0.2) is 9.84 Å². The van der Waals surface area contributed by atoms with Crippen LogP contribution in [0.4, 0.5) is 0 Å². The fourth-order valence-corrected chi connectivity index (χ4v) is 3.44. The van der Waals surface area contributed by atoms with Gasteiger partial charge in [-0.05, 0) is 35.2 Å². The molecule has 0 saturated carbocycles. The molecular formula is C18H23NO4S. The Balaban J connectivity index is 1.92. The van der Waals surface area contributed by atoms with Crippen molar-refractivity contribution in [3.8, 4) is 0 Å². The third kappa shape index (κ3) is 4.96. The van der Waals surface area contributed by atoms with Crippen LogP contribution in [0.15, 0.2) is 52.0 Å². The summed E-state index contributed by atoms with van der Waals surface area (Å²) in [5.41, 5.74) is 1.03. The number of rotatable bonds is 6. The van der Waals surface area contributed by atoms with E-state index in [4.69, 9.17) is 4.42 Å². The Morgan fingerprint density at radius 1 is 1.12 bits per heavy atom. The van der Waals surface area contributed by atoms with Crippen molar-refractivity contribution in [1.29, 1.82) is 0 Å². The molecule has 1 N–H and O–H groups in total. The number of amides is 1. The van der Waals surface area contributed by atoms with Crippen molar-refractivity contribution in [1.82, 2.24) is 5.32 Å². The molecule has 5 nitrogen and oxygen atoms in total. The maximum absolute atomic E-state index is 12.3. The fraction of sp³-hybridized carbons (Fsp3) is 0.389. The van der Waals surface area contributed by atoms with Crippen molar-refractivity contribution in [2.75, 3.05) is 5.75 Å². The maximum atomic E-state index is 12.3. The van der Waals surface area contributed by atoms with Crippen LogP contribution >= 0.6 is 0 Å². The molecule has 1 aromatic heterocycles. The van der Waals surface area contributed by atoms with E-state index in [0.29, 0.717) is 5.76 Å². The molecule has 1 aromatic carbocycles. The van der Waals surface area contributed by atoms with Gasteiger partial charge in [0.05, 0.1) is 23.5 Å². The van der Waals surface area contributed by atoms with E-state index in [1.165, 1.54) is 6.26 Å². The second-order valence-corrected chi connectivity index (χ2v) is 8.81. The maximum Gasteiger partial charge on any atom is 0.221 e.